The molecule has 0 saturated heterocycles. The molecule has 1 N–H and O–H groups in total. The Bertz CT molecular complexity index is 707. The Morgan fingerprint density at radius 2 is 2.27 bits per heavy atom. The minimum Gasteiger partial charge on any atom is -0.320 e. The Kier molecular flexibility index (Phi) is 5.57. The summed E-state index contributed by atoms with van der Waals surface area (Å²) in [5.74, 6) is 0.164. The average molecular weight is 353 g/mol. The van der Waals surface area contributed by atoms with Crippen molar-refractivity contribution in [3.05, 3.63) is 56.6 Å². The summed E-state index contributed by atoms with van der Waals surface area (Å²) in [4.78, 5) is 12.0. The van der Waals surface area contributed by atoms with Gasteiger partial charge in [-0.15, -0.1) is 11.8 Å². The number of halogens is 2. The summed E-state index contributed by atoms with van der Waals surface area (Å²) in [5, 5.41) is 13.9. The second-order valence-corrected chi connectivity index (χ2v) is 6.90. The van der Waals surface area contributed by atoms with Crippen LogP contribution in [0.1, 0.15) is 24.8 Å². The van der Waals surface area contributed by atoms with Gasteiger partial charge in [-0.25, -0.2) is 0 Å². The summed E-state index contributed by atoms with van der Waals surface area (Å²) in [6.07, 6.45) is 0.196. The van der Waals surface area contributed by atoms with E-state index in [-0.39, 0.29) is 18.2 Å². The first kappa shape index (κ1) is 17.0. The van der Waals surface area contributed by atoms with E-state index in [1.54, 1.807) is 18.2 Å². The highest BCUT2D eigenvalue weighted by atomic mass is 35.5. The smallest absolute Gasteiger partial charge is 0.225 e. The molecule has 1 heterocycles. The van der Waals surface area contributed by atoms with Gasteiger partial charge in [0.2, 0.25) is 5.91 Å². The van der Waals surface area contributed by atoms with Gasteiger partial charge in [0.05, 0.1) is 16.7 Å². The van der Waals surface area contributed by atoms with Crippen LogP contribution in [0.3, 0.4) is 0 Å². The predicted molar refractivity (Wildman–Crippen MR) is 91.9 cm³/mol. The van der Waals surface area contributed by atoms with Gasteiger partial charge in [0.25, 0.3) is 0 Å². The van der Waals surface area contributed by atoms with E-state index in [9.17, 15) is 10.1 Å². The summed E-state index contributed by atoms with van der Waals surface area (Å²) < 4.78 is 0. The van der Waals surface area contributed by atoms with Crippen molar-refractivity contribution in [3.8, 4) is 6.07 Å². The molecule has 114 valence electrons. The normalized spacial score (nSPS) is 17.9. The zero-order chi connectivity index (χ0) is 16.3. The van der Waals surface area contributed by atoms with Crippen LogP contribution in [0, 0.1) is 11.3 Å². The van der Waals surface area contributed by atoms with E-state index in [2.05, 4.69) is 18.0 Å². The molecule has 1 atom stereocenters. The number of benzene rings is 1. The molecule has 1 aliphatic rings. The van der Waals surface area contributed by atoms with Gasteiger partial charge in [-0.1, -0.05) is 41.4 Å². The van der Waals surface area contributed by atoms with Gasteiger partial charge in [-0.2, -0.15) is 5.26 Å². The van der Waals surface area contributed by atoms with Crippen molar-refractivity contribution in [1.82, 2.24) is 5.32 Å². The number of carbonyl (C=O) groups excluding carboxylic acids is 1. The Labute approximate surface area is 144 Å². The van der Waals surface area contributed by atoms with Gasteiger partial charge in [-0.3, -0.25) is 4.79 Å². The Morgan fingerprint density at radius 3 is 2.86 bits per heavy atom. The molecule has 3 nitrogen and oxygen atoms in total. The summed E-state index contributed by atoms with van der Waals surface area (Å²) >= 11 is 13.6. The van der Waals surface area contributed by atoms with E-state index in [1.165, 1.54) is 11.8 Å². The third kappa shape index (κ3) is 3.86. The third-order valence-corrected chi connectivity index (χ3v) is 4.97. The van der Waals surface area contributed by atoms with Crippen LogP contribution in [-0.2, 0) is 4.79 Å². The molecule has 0 fully saturated rings. The topological polar surface area (TPSA) is 52.9 Å². The monoisotopic (exact) mass is 352 g/mol. The first-order valence-electron chi connectivity index (χ1n) is 6.58. The summed E-state index contributed by atoms with van der Waals surface area (Å²) in [6, 6.07) is 7.32. The summed E-state index contributed by atoms with van der Waals surface area (Å²) in [7, 11) is 0. The number of hydrogen-bond acceptors (Lipinski definition) is 3. The first-order valence-corrected chi connectivity index (χ1v) is 8.32. The number of carbonyl (C=O) groups is 1. The molecule has 2 rings (SSSR count). The van der Waals surface area contributed by atoms with Crippen molar-refractivity contribution in [3.63, 3.8) is 0 Å². The van der Waals surface area contributed by atoms with E-state index in [0.717, 1.165) is 11.1 Å². The Morgan fingerprint density at radius 1 is 1.55 bits per heavy atom. The molecule has 6 heteroatoms. The molecule has 0 unspecified atom stereocenters. The second kappa shape index (κ2) is 7.23. The largest absolute Gasteiger partial charge is 0.320 e. The molecule has 0 saturated carbocycles. The molecule has 0 aromatic heterocycles. The van der Waals surface area contributed by atoms with Crippen LogP contribution in [0.25, 0.3) is 0 Å². The SMILES string of the molecule is C=C(C)CSC1=C(C#N)[C@H](c2ccc(Cl)cc2Cl)CC(=O)N1. The number of amides is 1. The number of thioether (sulfide) groups is 1. The molecule has 1 aromatic rings. The highest BCUT2D eigenvalue weighted by Crippen LogP contribution is 2.39. The van der Waals surface area contributed by atoms with E-state index >= 15 is 0 Å². The number of nitriles is 1. The Hall–Kier alpha value is -1.41. The Balaban J connectivity index is 2.44. The van der Waals surface area contributed by atoms with Crippen LogP contribution in [0.2, 0.25) is 10.0 Å². The van der Waals surface area contributed by atoms with Crippen molar-refractivity contribution in [2.24, 2.45) is 0 Å². The second-order valence-electron chi connectivity index (χ2n) is 5.07. The number of allylic oxidation sites excluding steroid dienone is 1. The maximum Gasteiger partial charge on any atom is 0.225 e. The fourth-order valence-electron chi connectivity index (χ4n) is 2.18. The molecule has 1 aromatic carbocycles. The third-order valence-electron chi connectivity index (χ3n) is 3.16. The number of nitrogens with zero attached hydrogens (tertiary/aromatic N) is 1. The maximum atomic E-state index is 12.0. The van der Waals surface area contributed by atoms with Gasteiger partial charge in [0, 0.05) is 28.1 Å². The molecular formula is C16H14Cl2N2OS. The standard InChI is InChI=1S/C16H14Cl2N2OS/c1-9(2)8-22-16-13(7-19)12(6-15(21)20-16)11-4-3-10(17)5-14(11)18/h3-5,12H,1,6,8H2,2H3,(H,20,21)/t12-/m0/s1. The van der Waals surface area contributed by atoms with Crippen LogP contribution >= 0.6 is 35.0 Å². The molecule has 0 radical (unpaired) electrons. The summed E-state index contributed by atoms with van der Waals surface area (Å²) in [5.41, 5.74) is 2.23. The minimum absolute atomic E-state index is 0.126. The van der Waals surface area contributed by atoms with Gasteiger partial charge >= 0.3 is 0 Å². The van der Waals surface area contributed by atoms with Crippen molar-refractivity contribution >= 4 is 40.9 Å². The predicted octanol–water partition coefficient (Wildman–Crippen LogP) is 4.64. The lowest BCUT2D eigenvalue weighted by molar-refractivity contribution is -0.120. The van der Waals surface area contributed by atoms with Crippen molar-refractivity contribution in [2.75, 3.05) is 5.75 Å². The van der Waals surface area contributed by atoms with Crippen LogP contribution in [0.4, 0.5) is 0 Å². The van der Waals surface area contributed by atoms with Crippen LogP contribution in [0.5, 0.6) is 0 Å². The number of rotatable bonds is 4. The van der Waals surface area contributed by atoms with Crippen molar-refractivity contribution in [1.29, 1.82) is 5.26 Å². The zero-order valence-electron chi connectivity index (χ0n) is 12.0. The average Bonchev–Trinajstić information content (AvgIpc) is 2.44. The number of hydrogen-bond donors (Lipinski definition) is 1. The van der Waals surface area contributed by atoms with Crippen LogP contribution < -0.4 is 5.32 Å². The fraction of sp³-hybridized carbons (Fsp3) is 0.250. The van der Waals surface area contributed by atoms with Gasteiger partial charge in [0.1, 0.15) is 0 Å². The van der Waals surface area contributed by atoms with Crippen LogP contribution in [-0.4, -0.2) is 11.7 Å². The zero-order valence-corrected chi connectivity index (χ0v) is 14.3. The molecule has 0 spiro atoms. The lowest BCUT2D eigenvalue weighted by Gasteiger charge is -2.25. The highest BCUT2D eigenvalue weighted by Gasteiger charge is 2.30. The quantitative estimate of drug-likeness (QED) is 0.802. The van der Waals surface area contributed by atoms with Gasteiger partial charge < -0.3 is 5.32 Å². The highest BCUT2D eigenvalue weighted by molar-refractivity contribution is 8.03. The molecule has 1 amide bonds. The van der Waals surface area contributed by atoms with E-state index < -0.39 is 0 Å². The van der Waals surface area contributed by atoms with E-state index in [0.29, 0.717) is 26.4 Å². The first-order chi connectivity index (χ1) is 10.4. The molecular weight excluding hydrogens is 339 g/mol. The maximum absolute atomic E-state index is 12.0. The molecule has 22 heavy (non-hydrogen) atoms. The summed E-state index contributed by atoms with van der Waals surface area (Å²) in [6.45, 7) is 5.74. The lowest BCUT2D eigenvalue weighted by atomic mass is 9.87. The number of nitrogens with one attached hydrogen (secondary N) is 1. The van der Waals surface area contributed by atoms with Gasteiger partial charge in [-0.05, 0) is 24.6 Å². The lowest BCUT2D eigenvalue weighted by Crippen LogP contribution is -2.31. The fourth-order valence-corrected chi connectivity index (χ4v) is 3.64. The van der Waals surface area contributed by atoms with Crippen LogP contribution in [0.15, 0.2) is 41.0 Å². The molecule has 0 bridgehead atoms. The minimum atomic E-state index is -0.351. The molecule has 1 aliphatic heterocycles. The van der Waals surface area contributed by atoms with Crippen molar-refractivity contribution < 1.29 is 4.79 Å². The van der Waals surface area contributed by atoms with E-state index in [1.807, 2.05) is 6.92 Å². The van der Waals surface area contributed by atoms with E-state index in [4.69, 9.17) is 23.2 Å². The van der Waals surface area contributed by atoms with Crippen molar-refractivity contribution in [2.45, 2.75) is 19.3 Å². The molecule has 0 aliphatic carbocycles. The van der Waals surface area contributed by atoms with Gasteiger partial charge in [0.15, 0.2) is 0 Å².